The number of likely N-dealkylation sites (N-methyl/N-ethyl adjacent to an activating group) is 1. The number of guanidine groups is 1. The van der Waals surface area contributed by atoms with Crippen molar-refractivity contribution in [1.29, 1.82) is 0 Å². The molecule has 3 rings (SSSR count). The summed E-state index contributed by atoms with van der Waals surface area (Å²) in [7, 11) is 2.18. The predicted molar refractivity (Wildman–Crippen MR) is 117 cm³/mol. The summed E-state index contributed by atoms with van der Waals surface area (Å²) in [5.74, 6) is 1.97. The van der Waals surface area contributed by atoms with Crippen molar-refractivity contribution in [3.8, 4) is 0 Å². The monoisotopic (exact) mass is 387 g/mol. The van der Waals surface area contributed by atoms with Gasteiger partial charge in [0.05, 0.1) is 6.54 Å². The molecular formula is C21H37N7. The van der Waals surface area contributed by atoms with E-state index in [2.05, 4.69) is 56.4 Å². The van der Waals surface area contributed by atoms with Crippen LogP contribution in [0.4, 0.5) is 5.82 Å². The highest BCUT2D eigenvalue weighted by molar-refractivity contribution is 5.79. The van der Waals surface area contributed by atoms with Gasteiger partial charge in [-0.3, -0.25) is 0 Å². The lowest BCUT2D eigenvalue weighted by Crippen LogP contribution is -2.44. The van der Waals surface area contributed by atoms with E-state index in [4.69, 9.17) is 4.99 Å². The number of nitrogens with zero attached hydrogens (tertiary/aromatic N) is 5. The second kappa shape index (κ2) is 11.2. The second-order valence-corrected chi connectivity index (χ2v) is 7.84. The van der Waals surface area contributed by atoms with Gasteiger partial charge in [-0.15, -0.1) is 0 Å². The number of aromatic nitrogens is 1. The Kier molecular flexibility index (Phi) is 8.36. The molecule has 1 aromatic rings. The van der Waals surface area contributed by atoms with Crippen molar-refractivity contribution in [2.45, 2.75) is 32.7 Å². The third-order valence-corrected chi connectivity index (χ3v) is 5.57. The van der Waals surface area contributed by atoms with E-state index in [0.29, 0.717) is 6.54 Å². The van der Waals surface area contributed by atoms with Crippen LogP contribution in [0.15, 0.2) is 23.3 Å². The van der Waals surface area contributed by atoms with Crippen molar-refractivity contribution in [2.24, 2.45) is 4.99 Å². The van der Waals surface area contributed by atoms with E-state index in [0.717, 1.165) is 57.6 Å². The summed E-state index contributed by atoms with van der Waals surface area (Å²) in [6.07, 6.45) is 5.98. The average molecular weight is 388 g/mol. The normalized spacial score (nSPS) is 19.6. The Bertz CT molecular complexity index is 605. The molecule has 3 heterocycles. The van der Waals surface area contributed by atoms with Gasteiger partial charge >= 0.3 is 0 Å². The summed E-state index contributed by atoms with van der Waals surface area (Å²) in [6, 6.07) is 4.26. The van der Waals surface area contributed by atoms with Crippen molar-refractivity contribution in [1.82, 2.24) is 25.4 Å². The Morgan fingerprint density at radius 3 is 2.61 bits per heavy atom. The summed E-state index contributed by atoms with van der Waals surface area (Å²) >= 11 is 0. The van der Waals surface area contributed by atoms with Gasteiger partial charge in [-0.1, -0.05) is 6.42 Å². The van der Waals surface area contributed by atoms with Gasteiger partial charge < -0.3 is 25.3 Å². The molecule has 28 heavy (non-hydrogen) atoms. The molecule has 0 bridgehead atoms. The molecule has 7 nitrogen and oxygen atoms in total. The van der Waals surface area contributed by atoms with Gasteiger partial charge in [0.25, 0.3) is 0 Å². The fraction of sp³-hybridized carbons (Fsp3) is 0.714. The van der Waals surface area contributed by atoms with Gasteiger partial charge in [-0.2, -0.15) is 0 Å². The molecule has 2 saturated heterocycles. The smallest absolute Gasteiger partial charge is 0.191 e. The van der Waals surface area contributed by atoms with E-state index in [9.17, 15) is 0 Å². The Morgan fingerprint density at radius 1 is 1.07 bits per heavy atom. The Balaban J connectivity index is 1.51. The van der Waals surface area contributed by atoms with Gasteiger partial charge in [-0.05, 0) is 57.6 Å². The molecule has 2 aliphatic heterocycles. The van der Waals surface area contributed by atoms with Gasteiger partial charge in [0.15, 0.2) is 5.96 Å². The number of hydrogen-bond donors (Lipinski definition) is 2. The topological polar surface area (TPSA) is 59.0 Å². The third kappa shape index (κ3) is 6.63. The lowest BCUT2D eigenvalue weighted by molar-refractivity contribution is 0.232. The van der Waals surface area contributed by atoms with E-state index >= 15 is 0 Å². The quantitative estimate of drug-likeness (QED) is 0.544. The number of hydrogen-bond acceptors (Lipinski definition) is 5. The first-order valence-corrected chi connectivity index (χ1v) is 10.9. The molecule has 0 aliphatic carbocycles. The van der Waals surface area contributed by atoms with Crippen LogP contribution in [-0.4, -0.2) is 86.7 Å². The minimum Gasteiger partial charge on any atom is -0.357 e. The maximum Gasteiger partial charge on any atom is 0.191 e. The average Bonchev–Trinajstić information content (AvgIpc) is 2.73. The van der Waals surface area contributed by atoms with E-state index in [-0.39, 0.29) is 0 Å². The number of aliphatic imine (C=N–C) groups is 1. The van der Waals surface area contributed by atoms with Crippen molar-refractivity contribution >= 4 is 11.8 Å². The number of piperazine rings is 1. The number of rotatable bonds is 7. The van der Waals surface area contributed by atoms with Crippen molar-refractivity contribution in [3.05, 3.63) is 23.9 Å². The van der Waals surface area contributed by atoms with E-state index in [1.54, 1.807) is 0 Å². The molecule has 1 aromatic heterocycles. The van der Waals surface area contributed by atoms with Gasteiger partial charge in [0.2, 0.25) is 0 Å². The zero-order chi connectivity index (χ0) is 19.6. The number of pyridine rings is 1. The van der Waals surface area contributed by atoms with Crippen LogP contribution in [0.5, 0.6) is 0 Å². The zero-order valence-electron chi connectivity index (χ0n) is 17.7. The van der Waals surface area contributed by atoms with Crippen LogP contribution in [0, 0.1) is 0 Å². The van der Waals surface area contributed by atoms with Gasteiger partial charge in [0.1, 0.15) is 5.82 Å². The van der Waals surface area contributed by atoms with Crippen molar-refractivity contribution in [2.75, 3.05) is 70.9 Å². The van der Waals surface area contributed by atoms with E-state index < -0.39 is 0 Å². The number of anilines is 1. The molecule has 0 aromatic carbocycles. The summed E-state index contributed by atoms with van der Waals surface area (Å²) in [5.41, 5.74) is 1.21. The maximum atomic E-state index is 4.79. The summed E-state index contributed by atoms with van der Waals surface area (Å²) in [4.78, 5) is 16.6. The highest BCUT2D eigenvalue weighted by Gasteiger charge is 2.15. The fourth-order valence-corrected chi connectivity index (χ4v) is 3.79. The first-order chi connectivity index (χ1) is 13.7. The molecule has 7 heteroatoms. The van der Waals surface area contributed by atoms with Crippen LogP contribution in [0.3, 0.4) is 0 Å². The van der Waals surface area contributed by atoms with Gasteiger partial charge in [-0.25, -0.2) is 9.98 Å². The van der Waals surface area contributed by atoms with Crippen molar-refractivity contribution in [3.63, 3.8) is 0 Å². The van der Waals surface area contributed by atoms with Crippen LogP contribution in [0.2, 0.25) is 0 Å². The van der Waals surface area contributed by atoms with Crippen LogP contribution >= 0.6 is 0 Å². The molecule has 2 fully saturated rings. The summed E-state index contributed by atoms with van der Waals surface area (Å²) < 4.78 is 0. The van der Waals surface area contributed by atoms with Crippen LogP contribution in [0.1, 0.15) is 31.7 Å². The molecule has 156 valence electrons. The minimum absolute atomic E-state index is 0.669. The lowest BCUT2D eigenvalue weighted by atomic mass is 10.1. The highest BCUT2D eigenvalue weighted by atomic mass is 15.3. The Hall–Kier alpha value is -1.86. The van der Waals surface area contributed by atoms with E-state index in [1.807, 2.05) is 6.20 Å². The lowest BCUT2D eigenvalue weighted by Gasteiger charge is -2.33. The molecule has 2 aliphatic rings. The first-order valence-electron chi connectivity index (χ1n) is 10.9. The van der Waals surface area contributed by atoms with Crippen LogP contribution in [-0.2, 0) is 6.54 Å². The third-order valence-electron chi connectivity index (χ3n) is 5.57. The maximum absolute atomic E-state index is 4.79. The van der Waals surface area contributed by atoms with Gasteiger partial charge in [0, 0.05) is 52.0 Å². The number of nitrogens with one attached hydrogen (secondary N) is 2. The molecule has 0 saturated carbocycles. The predicted octanol–water partition coefficient (Wildman–Crippen LogP) is 1.37. The molecule has 0 atom stereocenters. The minimum atomic E-state index is 0.669. The molecule has 0 radical (unpaired) electrons. The highest BCUT2D eigenvalue weighted by Crippen LogP contribution is 2.15. The number of likely N-dealkylation sites (tertiary alicyclic amines) is 1. The molecule has 0 amide bonds. The molecule has 2 N–H and O–H groups in total. The van der Waals surface area contributed by atoms with Crippen LogP contribution in [0.25, 0.3) is 0 Å². The number of piperidine rings is 1. The van der Waals surface area contributed by atoms with Crippen LogP contribution < -0.4 is 15.5 Å². The zero-order valence-corrected chi connectivity index (χ0v) is 17.7. The molecule has 0 unspecified atom stereocenters. The molecule has 0 spiro atoms. The standard InChI is InChI=1S/C21H37N7/c1-3-22-21(24-9-12-27-10-5-4-6-11-27)25-18-19-7-8-23-20(17-19)28-15-13-26(2)14-16-28/h7-8,17H,3-6,9-16,18H2,1-2H3,(H2,22,24,25). The SMILES string of the molecule is CCNC(=NCc1ccnc(N2CCN(C)CC2)c1)NCCN1CCCCC1. The summed E-state index contributed by atoms with van der Waals surface area (Å²) in [6.45, 7) is 12.4. The Morgan fingerprint density at radius 2 is 1.86 bits per heavy atom. The largest absolute Gasteiger partial charge is 0.357 e. The second-order valence-electron chi connectivity index (χ2n) is 7.84. The Labute approximate surface area is 170 Å². The fourth-order valence-electron chi connectivity index (χ4n) is 3.79. The summed E-state index contributed by atoms with van der Waals surface area (Å²) in [5, 5.41) is 6.85. The van der Waals surface area contributed by atoms with Crippen molar-refractivity contribution < 1.29 is 0 Å². The first kappa shape index (κ1) is 20.9. The molecular weight excluding hydrogens is 350 g/mol. The van der Waals surface area contributed by atoms with E-state index in [1.165, 1.54) is 37.9 Å².